The van der Waals surface area contributed by atoms with Crippen molar-refractivity contribution >= 4 is 28.4 Å². The van der Waals surface area contributed by atoms with Gasteiger partial charge in [0.15, 0.2) is 5.58 Å². The summed E-state index contributed by atoms with van der Waals surface area (Å²) in [4.78, 5) is 4.58. The third-order valence-electron chi connectivity index (χ3n) is 3.68. The van der Waals surface area contributed by atoms with Gasteiger partial charge in [-0.15, -0.1) is 0 Å². The van der Waals surface area contributed by atoms with E-state index in [2.05, 4.69) is 22.4 Å². The molecule has 2 heterocycles. The topological polar surface area (TPSA) is 38.1 Å². The molecule has 0 saturated heterocycles. The summed E-state index contributed by atoms with van der Waals surface area (Å²) in [5.41, 5.74) is 5.12. The van der Waals surface area contributed by atoms with Crippen LogP contribution in [0.25, 0.3) is 22.6 Å². The van der Waals surface area contributed by atoms with Gasteiger partial charge in [0, 0.05) is 28.9 Å². The molecular weight excluding hydrogens is 272 g/mol. The van der Waals surface area contributed by atoms with Crippen molar-refractivity contribution in [3.63, 3.8) is 0 Å². The lowest BCUT2D eigenvalue weighted by Gasteiger charge is -2.19. The van der Waals surface area contributed by atoms with Crippen molar-refractivity contribution in [3.05, 3.63) is 47.0 Å². The van der Waals surface area contributed by atoms with Crippen LogP contribution in [0, 0.1) is 0 Å². The number of aromatic nitrogens is 1. The van der Waals surface area contributed by atoms with Crippen molar-refractivity contribution in [1.29, 1.82) is 0 Å². The smallest absolute Gasteiger partial charge is 0.227 e. The highest BCUT2D eigenvalue weighted by molar-refractivity contribution is 6.31. The minimum absolute atomic E-state index is 0.664. The minimum Gasteiger partial charge on any atom is -0.436 e. The third-order valence-corrected chi connectivity index (χ3v) is 3.91. The quantitative estimate of drug-likeness (QED) is 0.714. The monoisotopic (exact) mass is 284 g/mol. The van der Waals surface area contributed by atoms with E-state index < -0.39 is 0 Å². The Morgan fingerprint density at radius 3 is 3.10 bits per heavy atom. The molecule has 4 rings (SSSR count). The number of nitrogens with one attached hydrogen (secondary N) is 1. The average Bonchev–Trinajstić information content (AvgIpc) is 2.89. The molecule has 1 aliphatic rings. The molecule has 0 fully saturated rings. The first-order chi connectivity index (χ1) is 9.81. The van der Waals surface area contributed by atoms with Gasteiger partial charge in [-0.2, -0.15) is 0 Å². The summed E-state index contributed by atoms with van der Waals surface area (Å²) in [5.74, 6) is 0.669. The lowest BCUT2D eigenvalue weighted by molar-refractivity contribution is 0.618. The first-order valence-electron chi connectivity index (χ1n) is 6.73. The molecule has 0 bridgehead atoms. The zero-order valence-corrected chi connectivity index (χ0v) is 11.6. The molecule has 0 aliphatic carbocycles. The largest absolute Gasteiger partial charge is 0.436 e. The molecule has 1 N–H and O–H groups in total. The SMILES string of the molecule is Clc1ccc2nc(-c3cccc4c3CCCN4)oc2c1. The highest BCUT2D eigenvalue weighted by atomic mass is 35.5. The van der Waals surface area contributed by atoms with Crippen LogP contribution < -0.4 is 5.32 Å². The number of hydrogen-bond acceptors (Lipinski definition) is 3. The van der Waals surface area contributed by atoms with Crippen LogP contribution in [0.15, 0.2) is 40.8 Å². The highest BCUT2D eigenvalue weighted by Crippen LogP contribution is 2.34. The van der Waals surface area contributed by atoms with Crippen LogP contribution in [0.4, 0.5) is 5.69 Å². The summed E-state index contributed by atoms with van der Waals surface area (Å²) < 4.78 is 5.88. The first-order valence-corrected chi connectivity index (χ1v) is 7.11. The van der Waals surface area contributed by atoms with Crippen LogP contribution in [0.2, 0.25) is 5.02 Å². The number of halogens is 1. The highest BCUT2D eigenvalue weighted by Gasteiger charge is 2.17. The molecule has 0 spiro atoms. The Hall–Kier alpha value is -2.00. The fourth-order valence-corrected chi connectivity index (χ4v) is 2.89. The number of benzene rings is 2. The van der Waals surface area contributed by atoms with Crippen LogP contribution in [0.1, 0.15) is 12.0 Å². The summed E-state index contributed by atoms with van der Waals surface area (Å²) in [7, 11) is 0. The average molecular weight is 285 g/mol. The first kappa shape index (κ1) is 11.8. The molecule has 0 unspecified atom stereocenters. The maximum Gasteiger partial charge on any atom is 0.227 e. The van der Waals surface area contributed by atoms with Gasteiger partial charge in [0.1, 0.15) is 5.52 Å². The molecule has 3 nitrogen and oxygen atoms in total. The van der Waals surface area contributed by atoms with Gasteiger partial charge in [-0.1, -0.05) is 17.7 Å². The second-order valence-electron chi connectivity index (χ2n) is 4.99. The molecule has 1 aromatic heterocycles. The molecule has 100 valence electrons. The molecule has 0 radical (unpaired) electrons. The van der Waals surface area contributed by atoms with E-state index in [1.165, 1.54) is 11.3 Å². The zero-order valence-electron chi connectivity index (χ0n) is 10.8. The van der Waals surface area contributed by atoms with E-state index >= 15 is 0 Å². The summed E-state index contributed by atoms with van der Waals surface area (Å²) in [6.07, 6.45) is 2.19. The van der Waals surface area contributed by atoms with Gasteiger partial charge in [-0.3, -0.25) is 0 Å². The van der Waals surface area contributed by atoms with E-state index in [1.54, 1.807) is 6.07 Å². The van der Waals surface area contributed by atoms with Crippen molar-refractivity contribution in [3.8, 4) is 11.5 Å². The summed E-state index contributed by atoms with van der Waals surface area (Å²) in [6.45, 7) is 1.03. The van der Waals surface area contributed by atoms with Crippen LogP contribution in [0.3, 0.4) is 0 Å². The van der Waals surface area contributed by atoms with Crippen molar-refractivity contribution in [1.82, 2.24) is 4.98 Å². The Balaban J connectivity index is 1.90. The van der Waals surface area contributed by atoms with Crippen LogP contribution >= 0.6 is 11.6 Å². The second kappa shape index (κ2) is 4.53. The minimum atomic E-state index is 0.664. The molecule has 3 aromatic rings. The standard InChI is InChI=1S/C16H13ClN2O/c17-10-6-7-14-15(9-10)20-16(19-14)12-3-1-5-13-11(12)4-2-8-18-13/h1,3,5-7,9,18H,2,4,8H2. The molecular formula is C16H13ClN2O. The Morgan fingerprint density at radius 2 is 2.15 bits per heavy atom. The maximum absolute atomic E-state index is 5.99. The Bertz CT molecular complexity index is 794. The van der Waals surface area contributed by atoms with E-state index in [9.17, 15) is 0 Å². The fraction of sp³-hybridized carbons (Fsp3) is 0.188. The lowest BCUT2D eigenvalue weighted by atomic mass is 9.97. The van der Waals surface area contributed by atoms with Gasteiger partial charge < -0.3 is 9.73 Å². The third kappa shape index (κ3) is 1.86. The van der Waals surface area contributed by atoms with E-state index in [-0.39, 0.29) is 0 Å². The number of anilines is 1. The number of hydrogen-bond donors (Lipinski definition) is 1. The Kier molecular flexibility index (Phi) is 2.67. The van der Waals surface area contributed by atoms with Crippen molar-refractivity contribution in [2.24, 2.45) is 0 Å². The van der Waals surface area contributed by atoms with E-state index in [4.69, 9.17) is 16.0 Å². The predicted molar refractivity (Wildman–Crippen MR) is 81.3 cm³/mol. The van der Waals surface area contributed by atoms with Gasteiger partial charge in [-0.05, 0) is 42.7 Å². The van der Waals surface area contributed by atoms with E-state index in [0.29, 0.717) is 10.9 Å². The normalized spacial score (nSPS) is 14.1. The van der Waals surface area contributed by atoms with E-state index in [0.717, 1.165) is 36.0 Å². The fourth-order valence-electron chi connectivity index (χ4n) is 2.72. The molecule has 20 heavy (non-hydrogen) atoms. The summed E-state index contributed by atoms with van der Waals surface area (Å²) in [6, 6.07) is 11.7. The summed E-state index contributed by atoms with van der Waals surface area (Å²) in [5, 5.41) is 4.09. The summed E-state index contributed by atoms with van der Waals surface area (Å²) >= 11 is 5.99. The van der Waals surface area contributed by atoms with Crippen LogP contribution in [-0.4, -0.2) is 11.5 Å². The molecule has 0 atom stereocenters. The number of fused-ring (bicyclic) bond motifs is 2. The maximum atomic E-state index is 5.99. The molecule has 0 amide bonds. The molecule has 0 saturated carbocycles. The van der Waals surface area contributed by atoms with Gasteiger partial charge in [0.05, 0.1) is 0 Å². The Labute approximate surface area is 121 Å². The molecule has 4 heteroatoms. The van der Waals surface area contributed by atoms with Gasteiger partial charge >= 0.3 is 0 Å². The van der Waals surface area contributed by atoms with Crippen molar-refractivity contribution in [2.45, 2.75) is 12.8 Å². The number of rotatable bonds is 1. The zero-order chi connectivity index (χ0) is 13.5. The predicted octanol–water partition coefficient (Wildman–Crippen LogP) is 4.51. The van der Waals surface area contributed by atoms with E-state index in [1.807, 2.05) is 18.2 Å². The molecule has 1 aliphatic heterocycles. The van der Waals surface area contributed by atoms with Crippen LogP contribution in [-0.2, 0) is 6.42 Å². The number of nitrogens with zero attached hydrogens (tertiary/aromatic N) is 1. The molecule has 2 aromatic carbocycles. The van der Waals surface area contributed by atoms with Crippen LogP contribution in [0.5, 0.6) is 0 Å². The second-order valence-corrected chi connectivity index (χ2v) is 5.43. The van der Waals surface area contributed by atoms with Crippen molar-refractivity contribution < 1.29 is 4.42 Å². The van der Waals surface area contributed by atoms with Gasteiger partial charge in [0.25, 0.3) is 0 Å². The van der Waals surface area contributed by atoms with Gasteiger partial charge in [0.2, 0.25) is 5.89 Å². The van der Waals surface area contributed by atoms with Gasteiger partial charge in [-0.25, -0.2) is 4.98 Å². The lowest BCUT2D eigenvalue weighted by Crippen LogP contribution is -2.12. The van der Waals surface area contributed by atoms with Crippen molar-refractivity contribution in [2.75, 3.05) is 11.9 Å². The number of oxazole rings is 1. The Morgan fingerprint density at radius 1 is 1.20 bits per heavy atom.